The fourth-order valence-electron chi connectivity index (χ4n) is 2.58. The number of methoxy groups -OCH3 is 3. The zero-order chi connectivity index (χ0) is 20.2. The maximum absolute atomic E-state index is 11.7. The van der Waals surface area contributed by atoms with E-state index in [-0.39, 0.29) is 22.7 Å². The fourth-order valence-corrected chi connectivity index (χ4v) is 2.58. The molecule has 0 atom stereocenters. The average Bonchev–Trinajstić information content (AvgIpc) is 2.64. The molecule has 0 saturated carbocycles. The summed E-state index contributed by atoms with van der Waals surface area (Å²) in [4.78, 5) is 11.7. The Bertz CT molecular complexity index is 814. The van der Waals surface area contributed by atoms with Gasteiger partial charge in [0.1, 0.15) is 11.4 Å². The van der Waals surface area contributed by atoms with E-state index in [1.165, 1.54) is 27.4 Å². The largest absolute Gasteiger partial charge is 0.493 e. The molecule has 0 bridgehead atoms. The minimum absolute atomic E-state index is 0.0139. The van der Waals surface area contributed by atoms with Crippen molar-refractivity contribution in [3.8, 4) is 17.2 Å². The van der Waals surface area contributed by atoms with Gasteiger partial charge in [-0.2, -0.15) is 0 Å². The van der Waals surface area contributed by atoms with Crippen LogP contribution in [0.3, 0.4) is 0 Å². The number of carbonyl (C=O) groups is 1. The van der Waals surface area contributed by atoms with Crippen molar-refractivity contribution in [3.05, 3.63) is 35.9 Å². The zero-order valence-corrected chi connectivity index (χ0v) is 16.4. The number of benzene rings is 2. The number of carboxylic acid groups (broad SMARTS) is 1. The quantitative estimate of drug-likeness (QED) is 0.482. The average molecular weight is 376 g/mol. The van der Waals surface area contributed by atoms with Crippen LogP contribution in [0.25, 0.3) is 0 Å². The van der Waals surface area contributed by atoms with Crippen molar-refractivity contribution in [2.24, 2.45) is 0 Å². The molecular weight excluding hydrogens is 350 g/mol. The number of nitrogens with one attached hydrogen (secondary N) is 2. The minimum atomic E-state index is -1.13. The van der Waals surface area contributed by atoms with E-state index in [4.69, 9.17) is 14.2 Å². The topological polar surface area (TPSA) is 89.1 Å². The second-order valence-corrected chi connectivity index (χ2v) is 6.68. The van der Waals surface area contributed by atoms with Crippen LogP contribution in [0.1, 0.15) is 10.4 Å². The van der Waals surface area contributed by atoms with E-state index in [9.17, 15) is 9.90 Å². The summed E-state index contributed by atoms with van der Waals surface area (Å²) in [6.07, 6.45) is 0. The van der Waals surface area contributed by atoms with Gasteiger partial charge in [0.2, 0.25) is 5.75 Å². The number of anilines is 2. The van der Waals surface area contributed by atoms with E-state index in [0.29, 0.717) is 10.2 Å². The molecule has 146 valence electrons. The van der Waals surface area contributed by atoms with E-state index in [1.807, 2.05) is 24.3 Å². The van der Waals surface area contributed by atoms with E-state index >= 15 is 0 Å². The first-order chi connectivity index (χ1) is 12.7. The predicted octanol–water partition coefficient (Wildman–Crippen LogP) is 3.05. The highest BCUT2D eigenvalue weighted by Crippen LogP contribution is 2.45. The SMILES string of the molecule is COc1cc(C(=O)O)c(NNc2ccc([N+](C)(C)C)cc2)c(OC)c1OC. The Morgan fingerprint density at radius 3 is 1.96 bits per heavy atom. The molecule has 2 aromatic rings. The van der Waals surface area contributed by atoms with Crippen LogP contribution in [-0.2, 0) is 0 Å². The summed E-state index contributed by atoms with van der Waals surface area (Å²) in [5.74, 6) is -0.331. The van der Waals surface area contributed by atoms with Crippen molar-refractivity contribution in [1.82, 2.24) is 4.48 Å². The molecule has 0 saturated heterocycles. The number of hydrazine groups is 1. The lowest BCUT2D eigenvalue weighted by molar-refractivity contribution is 0.0697. The Kier molecular flexibility index (Phi) is 6.02. The Hall–Kier alpha value is -3.13. The number of quaternary nitrogens is 1. The van der Waals surface area contributed by atoms with Crippen LogP contribution in [0.2, 0.25) is 0 Å². The lowest BCUT2D eigenvalue weighted by Gasteiger charge is -2.23. The second kappa shape index (κ2) is 8.05. The van der Waals surface area contributed by atoms with Crippen molar-refractivity contribution in [2.75, 3.05) is 53.3 Å². The molecule has 0 spiro atoms. The standard InChI is InChI=1S/C19H25N3O5/c1-22(2,3)13-9-7-12(8-10-13)20-21-16-14(19(23)24)11-15(25-4)17(26-5)18(16)27-6/h7-11,20-21H,1-6H3/p+1. The molecular formula is C19H26N3O5+. The first-order valence-electron chi connectivity index (χ1n) is 8.23. The van der Waals surface area contributed by atoms with Crippen LogP contribution >= 0.6 is 0 Å². The van der Waals surface area contributed by atoms with Crippen LogP contribution in [0, 0.1) is 0 Å². The van der Waals surface area contributed by atoms with Crippen molar-refractivity contribution in [2.45, 2.75) is 0 Å². The summed E-state index contributed by atoms with van der Waals surface area (Å²) >= 11 is 0. The maximum atomic E-state index is 11.7. The van der Waals surface area contributed by atoms with Crippen molar-refractivity contribution in [3.63, 3.8) is 0 Å². The highest BCUT2D eigenvalue weighted by atomic mass is 16.5. The zero-order valence-electron chi connectivity index (χ0n) is 16.4. The second-order valence-electron chi connectivity index (χ2n) is 6.68. The van der Waals surface area contributed by atoms with Crippen LogP contribution < -0.4 is 29.5 Å². The highest BCUT2D eigenvalue weighted by Gasteiger charge is 2.24. The molecule has 0 amide bonds. The summed E-state index contributed by atoms with van der Waals surface area (Å²) in [7, 11) is 10.6. The fraction of sp³-hybridized carbons (Fsp3) is 0.316. The van der Waals surface area contributed by atoms with Crippen molar-refractivity contribution >= 4 is 23.0 Å². The molecule has 0 aliphatic rings. The Morgan fingerprint density at radius 2 is 1.52 bits per heavy atom. The molecule has 27 heavy (non-hydrogen) atoms. The molecule has 0 unspecified atom stereocenters. The molecule has 8 nitrogen and oxygen atoms in total. The van der Waals surface area contributed by atoms with Crippen LogP contribution in [0.5, 0.6) is 17.2 Å². The summed E-state index contributed by atoms with van der Waals surface area (Å²) in [5.41, 5.74) is 8.04. The predicted molar refractivity (Wildman–Crippen MR) is 106 cm³/mol. The summed E-state index contributed by atoms with van der Waals surface area (Å²) < 4.78 is 16.6. The molecule has 3 N–H and O–H groups in total. The molecule has 2 rings (SSSR count). The number of hydrogen-bond donors (Lipinski definition) is 3. The lowest BCUT2D eigenvalue weighted by atomic mass is 10.1. The van der Waals surface area contributed by atoms with Crippen LogP contribution in [0.15, 0.2) is 30.3 Å². The van der Waals surface area contributed by atoms with E-state index in [2.05, 4.69) is 32.0 Å². The Morgan fingerprint density at radius 1 is 0.926 bits per heavy atom. The molecule has 0 heterocycles. The lowest BCUT2D eigenvalue weighted by Crippen LogP contribution is -2.34. The van der Waals surface area contributed by atoms with Gasteiger partial charge in [-0.15, -0.1) is 0 Å². The molecule has 0 radical (unpaired) electrons. The van der Waals surface area contributed by atoms with Crippen LogP contribution in [-0.4, -0.2) is 53.5 Å². The molecule has 8 heteroatoms. The first kappa shape index (κ1) is 20.2. The van der Waals surface area contributed by atoms with E-state index in [0.717, 1.165) is 11.4 Å². The van der Waals surface area contributed by atoms with Gasteiger partial charge in [-0.1, -0.05) is 0 Å². The van der Waals surface area contributed by atoms with Gasteiger partial charge >= 0.3 is 5.97 Å². The van der Waals surface area contributed by atoms with Gasteiger partial charge in [0.05, 0.1) is 53.7 Å². The number of nitrogens with zero attached hydrogens (tertiary/aromatic N) is 1. The van der Waals surface area contributed by atoms with Gasteiger partial charge in [0, 0.05) is 18.2 Å². The summed E-state index contributed by atoms with van der Waals surface area (Å²) in [6.45, 7) is 0. The summed E-state index contributed by atoms with van der Waals surface area (Å²) in [5, 5.41) is 9.57. The third-order valence-electron chi connectivity index (χ3n) is 4.03. The Labute approximate surface area is 158 Å². The van der Waals surface area contributed by atoms with E-state index < -0.39 is 5.97 Å². The van der Waals surface area contributed by atoms with E-state index in [1.54, 1.807) is 0 Å². The first-order valence-corrected chi connectivity index (χ1v) is 8.23. The number of rotatable bonds is 8. The van der Waals surface area contributed by atoms with Crippen LogP contribution in [0.4, 0.5) is 17.1 Å². The molecule has 0 aromatic heterocycles. The molecule has 0 aliphatic carbocycles. The van der Waals surface area contributed by atoms with Gasteiger partial charge in [-0.3, -0.25) is 9.91 Å². The maximum Gasteiger partial charge on any atom is 0.338 e. The van der Waals surface area contributed by atoms with Crippen molar-refractivity contribution < 1.29 is 24.1 Å². The van der Waals surface area contributed by atoms with Gasteiger partial charge in [0.15, 0.2) is 11.5 Å². The smallest absolute Gasteiger partial charge is 0.338 e. The number of carboxylic acids is 1. The normalized spacial score (nSPS) is 10.9. The third kappa shape index (κ3) is 4.35. The number of aromatic carboxylic acids is 1. The number of hydrogen-bond acceptors (Lipinski definition) is 6. The van der Waals surface area contributed by atoms with Gasteiger partial charge < -0.3 is 24.7 Å². The number of ether oxygens (including phenoxy) is 3. The van der Waals surface area contributed by atoms with Crippen molar-refractivity contribution in [1.29, 1.82) is 0 Å². The highest BCUT2D eigenvalue weighted by molar-refractivity contribution is 5.98. The molecule has 0 fully saturated rings. The molecule has 0 aliphatic heterocycles. The monoisotopic (exact) mass is 376 g/mol. The molecule has 2 aromatic carbocycles. The Balaban J connectivity index is 2.38. The van der Waals surface area contributed by atoms with Gasteiger partial charge in [-0.25, -0.2) is 4.79 Å². The summed E-state index contributed by atoms with van der Waals surface area (Å²) in [6, 6.07) is 9.18. The minimum Gasteiger partial charge on any atom is -0.493 e. The third-order valence-corrected chi connectivity index (χ3v) is 4.03. The van der Waals surface area contributed by atoms with Gasteiger partial charge in [0.25, 0.3) is 0 Å². The van der Waals surface area contributed by atoms with Gasteiger partial charge in [-0.05, 0) is 12.1 Å².